The molecule has 3 heterocycles. The van der Waals surface area contributed by atoms with Gasteiger partial charge in [-0.1, -0.05) is 0 Å². The fraction of sp³-hybridized carbons (Fsp3) is 0.714. The monoisotopic (exact) mass is 381 g/mol. The number of rotatable bonds is 2. The molecule has 0 aliphatic carbocycles. The molecule has 0 N–H and O–H groups in total. The van der Waals surface area contributed by atoms with Gasteiger partial charge in [-0.3, -0.25) is 9.48 Å². The van der Waals surface area contributed by atoms with Gasteiger partial charge >= 0.3 is 6.18 Å². The van der Waals surface area contributed by atoms with Crippen LogP contribution in [0.5, 0.6) is 0 Å². The van der Waals surface area contributed by atoms with Crippen LogP contribution in [0.15, 0.2) is 12.3 Å². The molecular weight excluding hydrogens is 363 g/mol. The molecular formula is C14H18F3N3O4S. The average Bonchev–Trinajstić information content (AvgIpc) is 3.11. The molecule has 7 nitrogen and oxygen atoms in total. The zero-order valence-electron chi connectivity index (χ0n) is 13.5. The number of morpholine rings is 1. The first-order valence-corrected chi connectivity index (χ1v) is 9.59. The molecule has 2 aliphatic rings. The number of alkyl halides is 3. The van der Waals surface area contributed by atoms with Gasteiger partial charge in [0.15, 0.2) is 15.5 Å². The Kier molecular flexibility index (Phi) is 4.34. The maximum Gasteiger partial charge on any atom is 0.435 e. The molecule has 1 aromatic rings. The molecule has 1 spiro atoms. The van der Waals surface area contributed by atoms with Crippen LogP contribution in [-0.2, 0) is 25.5 Å². The summed E-state index contributed by atoms with van der Waals surface area (Å²) >= 11 is 0. The van der Waals surface area contributed by atoms with Crippen LogP contribution in [0.25, 0.3) is 0 Å². The van der Waals surface area contributed by atoms with Crippen molar-refractivity contribution < 1.29 is 31.1 Å². The van der Waals surface area contributed by atoms with Gasteiger partial charge in [0, 0.05) is 12.7 Å². The van der Waals surface area contributed by atoms with Crippen molar-refractivity contribution in [1.29, 1.82) is 0 Å². The van der Waals surface area contributed by atoms with Crippen molar-refractivity contribution in [3.8, 4) is 0 Å². The molecule has 3 rings (SSSR count). The first kappa shape index (κ1) is 18.2. The number of sulfone groups is 1. The van der Waals surface area contributed by atoms with E-state index in [2.05, 4.69) is 5.10 Å². The predicted octanol–water partition coefficient (Wildman–Crippen LogP) is 0.879. The van der Waals surface area contributed by atoms with Crippen molar-refractivity contribution in [3.63, 3.8) is 0 Å². The third-order valence-electron chi connectivity index (χ3n) is 4.56. The standard InChI is InChI=1S/C14H18F3N3O4S/c1-10(20-4-2-11(18-20)14(15,16)17)12(21)19-5-6-24-13(8-19)3-7-25(22,23)9-13/h2,4,10H,3,5-9H2,1H3. The first-order valence-electron chi connectivity index (χ1n) is 7.77. The average molecular weight is 381 g/mol. The molecule has 2 saturated heterocycles. The van der Waals surface area contributed by atoms with Crippen LogP contribution in [0.3, 0.4) is 0 Å². The molecule has 2 fully saturated rings. The van der Waals surface area contributed by atoms with Crippen LogP contribution < -0.4 is 0 Å². The normalized spacial score (nSPS) is 27.6. The Bertz CT molecular complexity index is 777. The second kappa shape index (κ2) is 5.97. The third-order valence-corrected chi connectivity index (χ3v) is 6.36. The minimum atomic E-state index is -4.57. The lowest BCUT2D eigenvalue weighted by atomic mass is 10.0. The quantitative estimate of drug-likeness (QED) is 0.760. The van der Waals surface area contributed by atoms with Gasteiger partial charge in [0.2, 0.25) is 5.91 Å². The molecule has 0 bridgehead atoms. The predicted molar refractivity (Wildman–Crippen MR) is 80.5 cm³/mol. The van der Waals surface area contributed by atoms with Gasteiger partial charge in [-0.2, -0.15) is 18.3 Å². The van der Waals surface area contributed by atoms with Crippen molar-refractivity contribution in [2.24, 2.45) is 0 Å². The van der Waals surface area contributed by atoms with Crippen molar-refractivity contribution in [2.75, 3.05) is 31.2 Å². The summed E-state index contributed by atoms with van der Waals surface area (Å²) in [7, 11) is -3.19. The number of amides is 1. The van der Waals surface area contributed by atoms with Crippen molar-refractivity contribution in [3.05, 3.63) is 18.0 Å². The number of hydrogen-bond donors (Lipinski definition) is 0. The Balaban J connectivity index is 1.73. The molecule has 140 valence electrons. The molecule has 25 heavy (non-hydrogen) atoms. The molecule has 0 radical (unpaired) electrons. The van der Waals surface area contributed by atoms with Crippen molar-refractivity contribution in [2.45, 2.75) is 31.2 Å². The number of ether oxygens (including phenoxy) is 1. The zero-order valence-corrected chi connectivity index (χ0v) is 14.3. The number of halogens is 3. The number of aromatic nitrogens is 2. The molecule has 2 aliphatic heterocycles. The van der Waals surface area contributed by atoms with E-state index in [0.29, 0.717) is 6.42 Å². The smallest absolute Gasteiger partial charge is 0.370 e. The van der Waals surface area contributed by atoms with Gasteiger partial charge in [0.1, 0.15) is 11.6 Å². The molecule has 11 heteroatoms. The van der Waals surface area contributed by atoms with Gasteiger partial charge < -0.3 is 9.64 Å². The lowest BCUT2D eigenvalue weighted by molar-refractivity contribution is -0.151. The molecule has 1 amide bonds. The number of carbonyl (C=O) groups excluding carboxylic acids is 1. The molecule has 2 unspecified atom stereocenters. The Morgan fingerprint density at radius 3 is 2.72 bits per heavy atom. The van der Waals surface area contributed by atoms with Crippen molar-refractivity contribution in [1.82, 2.24) is 14.7 Å². The minimum Gasteiger partial charge on any atom is -0.370 e. The second-order valence-corrected chi connectivity index (χ2v) is 8.67. The fourth-order valence-corrected chi connectivity index (χ4v) is 5.19. The van der Waals surface area contributed by atoms with Gasteiger partial charge in [-0.05, 0) is 19.4 Å². The highest BCUT2D eigenvalue weighted by atomic mass is 32.2. The van der Waals surface area contributed by atoms with E-state index in [9.17, 15) is 26.4 Å². The van der Waals surface area contributed by atoms with E-state index in [1.54, 1.807) is 0 Å². The SMILES string of the molecule is CC(C(=O)N1CCOC2(CCS(=O)(=O)C2)C1)n1ccc(C(F)(F)F)n1. The number of hydrogen-bond acceptors (Lipinski definition) is 5. The highest BCUT2D eigenvalue weighted by molar-refractivity contribution is 7.91. The molecule has 1 aromatic heterocycles. The molecule has 2 atom stereocenters. The Labute approximate surface area is 142 Å². The summed E-state index contributed by atoms with van der Waals surface area (Å²) in [5.74, 6) is -0.541. The Hall–Kier alpha value is -1.62. The van der Waals surface area contributed by atoms with E-state index >= 15 is 0 Å². The van der Waals surface area contributed by atoms with E-state index < -0.39 is 39.3 Å². The van der Waals surface area contributed by atoms with Crippen LogP contribution in [-0.4, -0.2) is 65.8 Å². The topological polar surface area (TPSA) is 81.5 Å². The van der Waals surface area contributed by atoms with Gasteiger partial charge in [-0.25, -0.2) is 8.42 Å². The lowest BCUT2D eigenvalue weighted by Gasteiger charge is -2.40. The van der Waals surface area contributed by atoms with E-state index in [1.165, 1.54) is 11.8 Å². The summed E-state index contributed by atoms with van der Waals surface area (Å²) in [6.45, 7) is 2.03. The third kappa shape index (κ3) is 3.66. The Morgan fingerprint density at radius 1 is 1.44 bits per heavy atom. The van der Waals surface area contributed by atoms with Gasteiger partial charge in [-0.15, -0.1) is 0 Å². The van der Waals surface area contributed by atoms with Gasteiger partial charge in [0.05, 0.1) is 24.7 Å². The Morgan fingerprint density at radius 2 is 2.16 bits per heavy atom. The summed E-state index contributed by atoms with van der Waals surface area (Å²) in [4.78, 5) is 14.1. The minimum absolute atomic E-state index is 0.0126. The van der Waals surface area contributed by atoms with E-state index in [1.807, 2.05) is 0 Å². The second-order valence-electron chi connectivity index (χ2n) is 6.49. The number of nitrogens with zero attached hydrogens (tertiary/aromatic N) is 3. The molecule has 0 saturated carbocycles. The van der Waals surface area contributed by atoms with Crippen molar-refractivity contribution >= 4 is 15.7 Å². The summed E-state index contributed by atoms with van der Waals surface area (Å²) in [5.41, 5.74) is -1.97. The van der Waals surface area contributed by atoms with Crippen LogP contribution >= 0.6 is 0 Å². The van der Waals surface area contributed by atoms with Gasteiger partial charge in [0.25, 0.3) is 0 Å². The largest absolute Gasteiger partial charge is 0.435 e. The molecule has 0 aromatic carbocycles. The fourth-order valence-electron chi connectivity index (χ4n) is 3.24. The summed E-state index contributed by atoms with van der Waals surface area (Å²) in [5, 5.41) is 3.43. The summed E-state index contributed by atoms with van der Waals surface area (Å²) in [6, 6.07) is -0.113. The van der Waals surface area contributed by atoms with Crippen LogP contribution in [0.2, 0.25) is 0 Å². The highest BCUT2D eigenvalue weighted by Gasteiger charge is 2.47. The van der Waals surface area contributed by atoms with E-state index in [0.717, 1.165) is 16.9 Å². The van der Waals surface area contributed by atoms with E-state index in [4.69, 9.17) is 4.74 Å². The lowest BCUT2D eigenvalue weighted by Crippen LogP contribution is -2.55. The summed E-state index contributed by atoms with van der Waals surface area (Å²) in [6.07, 6.45) is -3.15. The highest BCUT2D eigenvalue weighted by Crippen LogP contribution is 2.32. The number of carbonyl (C=O) groups is 1. The van der Waals surface area contributed by atoms with Crippen LogP contribution in [0.4, 0.5) is 13.2 Å². The zero-order chi connectivity index (χ0) is 18.5. The first-order chi connectivity index (χ1) is 11.5. The maximum atomic E-state index is 12.6. The maximum absolute atomic E-state index is 12.6. The summed E-state index contributed by atoms with van der Waals surface area (Å²) < 4.78 is 68.0. The van der Waals surface area contributed by atoms with Crippen LogP contribution in [0.1, 0.15) is 25.1 Å². The van der Waals surface area contributed by atoms with E-state index in [-0.39, 0.29) is 31.2 Å². The van der Waals surface area contributed by atoms with Crippen LogP contribution in [0, 0.1) is 0 Å².